The molecule has 0 aliphatic carbocycles. The Balaban J connectivity index is 2.45. The number of hydrogen-bond acceptors (Lipinski definition) is 5. The van der Waals surface area contributed by atoms with E-state index in [0.29, 0.717) is 16.3 Å². The van der Waals surface area contributed by atoms with Crippen LogP contribution < -0.4 is 5.32 Å². The Morgan fingerprint density at radius 3 is 2.48 bits per heavy atom. The number of carboxylic acids is 1. The molecule has 1 atom stereocenters. The molecule has 0 bridgehead atoms. The molecular formula is C15H14ClN3O4. The number of nitrogens with zero attached hydrogens (tertiary/aromatic N) is 2. The van der Waals surface area contributed by atoms with Crippen LogP contribution in [0, 0.1) is 0 Å². The smallest absolute Gasteiger partial charge is 0.356 e. The van der Waals surface area contributed by atoms with Gasteiger partial charge in [-0.25, -0.2) is 14.8 Å². The minimum Gasteiger partial charge on any atom is -0.476 e. The zero-order chi connectivity index (χ0) is 17.0. The van der Waals surface area contributed by atoms with Gasteiger partial charge in [0, 0.05) is 16.6 Å². The van der Waals surface area contributed by atoms with E-state index in [1.165, 1.54) is 6.20 Å². The van der Waals surface area contributed by atoms with Gasteiger partial charge in [-0.05, 0) is 19.1 Å². The maximum atomic E-state index is 12.2. The van der Waals surface area contributed by atoms with Crippen molar-refractivity contribution in [2.24, 2.45) is 0 Å². The molecule has 120 valence electrons. The molecule has 0 aliphatic rings. The summed E-state index contributed by atoms with van der Waals surface area (Å²) in [7, 11) is 0. The van der Waals surface area contributed by atoms with E-state index < -0.39 is 23.6 Å². The molecule has 0 spiro atoms. The van der Waals surface area contributed by atoms with E-state index in [0.717, 1.165) is 0 Å². The van der Waals surface area contributed by atoms with Crippen molar-refractivity contribution in [1.29, 1.82) is 0 Å². The summed E-state index contributed by atoms with van der Waals surface area (Å²) in [6, 6.07) is 6.13. The number of carboxylic acid groups (broad SMARTS) is 1. The first kappa shape index (κ1) is 16.9. The molecule has 8 heteroatoms. The summed E-state index contributed by atoms with van der Waals surface area (Å²) in [5.41, 5.74) is 0.215. The van der Waals surface area contributed by atoms with Gasteiger partial charge in [-0.3, -0.25) is 4.79 Å². The van der Waals surface area contributed by atoms with E-state index >= 15 is 0 Å². The van der Waals surface area contributed by atoms with E-state index in [1.54, 1.807) is 31.2 Å². The Hall–Kier alpha value is -2.51. The Labute approximate surface area is 137 Å². The van der Waals surface area contributed by atoms with Gasteiger partial charge in [-0.2, -0.15) is 0 Å². The van der Waals surface area contributed by atoms with Gasteiger partial charge in [-0.15, -0.1) is 0 Å². The zero-order valence-corrected chi connectivity index (χ0v) is 12.9. The summed E-state index contributed by atoms with van der Waals surface area (Å²) in [4.78, 5) is 31.3. The number of hydrogen-bond donors (Lipinski definition) is 3. The van der Waals surface area contributed by atoms with E-state index in [9.17, 15) is 9.59 Å². The van der Waals surface area contributed by atoms with Crippen LogP contribution in [0.15, 0.2) is 30.5 Å². The highest BCUT2D eigenvalue weighted by Crippen LogP contribution is 2.20. The molecule has 0 saturated carbocycles. The summed E-state index contributed by atoms with van der Waals surface area (Å²) in [6.07, 6.45) is 1.28. The number of carbonyl (C=O) groups is 2. The summed E-state index contributed by atoms with van der Waals surface area (Å²) < 4.78 is 0. The molecule has 2 rings (SSSR count). The third kappa shape index (κ3) is 4.02. The van der Waals surface area contributed by atoms with Crippen molar-refractivity contribution in [3.63, 3.8) is 0 Å². The average molecular weight is 336 g/mol. The fourth-order valence-electron chi connectivity index (χ4n) is 1.80. The Morgan fingerprint density at radius 2 is 1.91 bits per heavy atom. The van der Waals surface area contributed by atoms with Crippen LogP contribution in [0.1, 0.15) is 27.9 Å². The summed E-state index contributed by atoms with van der Waals surface area (Å²) in [5.74, 6) is -2.07. The number of aliphatic hydroxyl groups excluding tert-OH is 1. The lowest BCUT2D eigenvalue weighted by Crippen LogP contribution is -2.36. The highest BCUT2D eigenvalue weighted by molar-refractivity contribution is 6.30. The molecule has 3 N–H and O–H groups in total. The summed E-state index contributed by atoms with van der Waals surface area (Å²) in [5, 5.41) is 21.1. The maximum absolute atomic E-state index is 12.2. The van der Waals surface area contributed by atoms with E-state index in [-0.39, 0.29) is 12.3 Å². The van der Waals surface area contributed by atoms with Crippen LogP contribution in [-0.2, 0) is 0 Å². The second kappa shape index (κ2) is 7.17. The van der Waals surface area contributed by atoms with Crippen molar-refractivity contribution in [3.8, 4) is 11.3 Å². The van der Waals surface area contributed by atoms with Crippen LogP contribution >= 0.6 is 11.6 Å². The molecule has 0 aliphatic heterocycles. The number of aromatic nitrogens is 2. The molecule has 1 aromatic heterocycles. The fourth-order valence-corrected chi connectivity index (χ4v) is 1.93. The molecule has 1 heterocycles. The summed E-state index contributed by atoms with van der Waals surface area (Å²) in [6.45, 7) is 1.30. The first-order valence-corrected chi connectivity index (χ1v) is 7.08. The van der Waals surface area contributed by atoms with Gasteiger partial charge in [0.15, 0.2) is 11.4 Å². The van der Waals surface area contributed by atoms with Crippen LogP contribution in [0.5, 0.6) is 0 Å². The highest BCUT2D eigenvalue weighted by Gasteiger charge is 2.22. The third-order valence-corrected chi connectivity index (χ3v) is 3.23. The van der Waals surface area contributed by atoms with Crippen molar-refractivity contribution in [1.82, 2.24) is 15.3 Å². The molecule has 7 nitrogen and oxygen atoms in total. The number of amides is 1. The van der Waals surface area contributed by atoms with Crippen LogP contribution in [0.3, 0.4) is 0 Å². The van der Waals surface area contributed by atoms with Gasteiger partial charge in [-0.1, -0.05) is 23.7 Å². The van der Waals surface area contributed by atoms with Crippen molar-refractivity contribution in [3.05, 3.63) is 46.9 Å². The molecular weight excluding hydrogens is 322 g/mol. The van der Waals surface area contributed by atoms with Gasteiger partial charge in [0.25, 0.3) is 5.91 Å². The van der Waals surface area contributed by atoms with Gasteiger partial charge in [0.05, 0.1) is 18.5 Å². The number of aromatic carboxylic acids is 1. The van der Waals surface area contributed by atoms with E-state index in [1.807, 2.05) is 0 Å². The Kier molecular flexibility index (Phi) is 5.25. The topological polar surface area (TPSA) is 112 Å². The number of halogens is 1. The second-order valence-electron chi connectivity index (χ2n) is 4.82. The number of nitrogens with one attached hydrogen (secondary N) is 1. The van der Waals surface area contributed by atoms with E-state index in [2.05, 4.69) is 15.3 Å². The number of carbonyl (C=O) groups excluding carboxylic acids is 1. The number of rotatable bonds is 5. The fraction of sp³-hybridized carbons (Fsp3) is 0.200. The zero-order valence-electron chi connectivity index (χ0n) is 12.2. The largest absolute Gasteiger partial charge is 0.476 e. The third-order valence-electron chi connectivity index (χ3n) is 2.98. The molecule has 2 aromatic rings. The van der Waals surface area contributed by atoms with Gasteiger partial charge in [0.1, 0.15) is 0 Å². The quantitative estimate of drug-likeness (QED) is 0.765. The number of benzene rings is 1. The van der Waals surface area contributed by atoms with Gasteiger partial charge < -0.3 is 15.5 Å². The average Bonchev–Trinajstić information content (AvgIpc) is 2.54. The maximum Gasteiger partial charge on any atom is 0.356 e. The molecule has 1 aromatic carbocycles. The molecule has 0 radical (unpaired) electrons. The molecule has 23 heavy (non-hydrogen) atoms. The van der Waals surface area contributed by atoms with Crippen molar-refractivity contribution < 1.29 is 19.8 Å². The SMILES string of the molecule is CC(CO)NC(=O)c1nc(-c2ccc(Cl)cc2)cnc1C(=O)O. The van der Waals surface area contributed by atoms with Gasteiger partial charge in [0.2, 0.25) is 0 Å². The predicted molar refractivity (Wildman–Crippen MR) is 83.5 cm³/mol. The molecule has 1 unspecified atom stereocenters. The number of aliphatic hydroxyl groups is 1. The minimum atomic E-state index is -1.36. The highest BCUT2D eigenvalue weighted by atomic mass is 35.5. The first-order chi connectivity index (χ1) is 10.9. The standard InChI is InChI=1S/C15H14ClN3O4/c1-8(7-20)18-14(21)12-13(15(22)23)17-6-11(19-12)9-2-4-10(16)5-3-9/h2-6,8,20H,7H2,1H3,(H,18,21)(H,22,23). The Bertz CT molecular complexity index is 734. The van der Waals surface area contributed by atoms with Crippen LogP contribution in [0.2, 0.25) is 5.02 Å². The van der Waals surface area contributed by atoms with Crippen LogP contribution in [0.25, 0.3) is 11.3 Å². The van der Waals surface area contributed by atoms with Crippen LogP contribution in [0.4, 0.5) is 0 Å². The van der Waals surface area contributed by atoms with E-state index in [4.69, 9.17) is 21.8 Å². The lowest BCUT2D eigenvalue weighted by molar-refractivity contribution is 0.0682. The minimum absolute atomic E-state index is 0.279. The van der Waals surface area contributed by atoms with Crippen LogP contribution in [-0.4, -0.2) is 44.7 Å². The lowest BCUT2D eigenvalue weighted by Gasteiger charge is -2.12. The Morgan fingerprint density at radius 1 is 1.26 bits per heavy atom. The van der Waals surface area contributed by atoms with Crippen molar-refractivity contribution in [2.45, 2.75) is 13.0 Å². The normalized spacial score (nSPS) is 11.8. The molecule has 0 saturated heterocycles. The first-order valence-electron chi connectivity index (χ1n) is 6.70. The predicted octanol–water partition coefficient (Wildman–Crippen LogP) is 1.61. The lowest BCUT2D eigenvalue weighted by atomic mass is 10.1. The molecule has 1 amide bonds. The van der Waals surface area contributed by atoms with Crippen molar-refractivity contribution >= 4 is 23.5 Å². The summed E-state index contributed by atoms with van der Waals surface area (Å²) >= 11 is 5.82. The van der Waals surface area contributed by atoms with Crippen molar-refractivity contribution in [2.75, 3.05) is 6.61 Å². The monoisotopic (exact) mass is 335 g/mol. The second-order valence-corrected chi connectivity index (χ2v) is 5.26. The molecule has 0 fully saturated rings. The van der Waals surface area contributed by atoms with Gasteiger partial charge >= 0.3 is 5.97 Å².